The van der Waals surface area contributed by atoms with Crippen molar-refractivity contribution in [3.8, 4) is 0 Å². The van der Waals surface area contributed by atoms with Crippen molar-refractivity contribution in [2.24, 2.45) is 0 Å². The van der Waals surface area contributed by atoms with Gasteiger partial charge in [0, 0.05) is 32.4 Å². The van der Waals surface area contributed by atoms with E-state index in [4.69, 9.17) is 0 Å². The predicted molar refractivity (Wildman–Crippen MR) is 86.5 cm³/mol. The van der Waals surface area contributed by atoms with Crippen LogP contribution in [0.1, 0.15) is 12.5 Å². The van der Waals surface area contributed by atoms with Crippen molar-refractivity contribution in [1.82, 2.24) is 10.0 Å². The predicted octanol–water partition coefficient (Wildman–Crippen LogP) is 1.37. The van der Waals surface area contributed by atoms with Crippen LogP contribution in [-0.4, -0.2) is 42.1 Å². The van der Waals surface area contributed by atoms with Gasteiger partial charge in [-0.2, -0.15) is 0 Å². The highest BCUT2D eigenvalue weighted by molar-refractivity contribution is 7.89. The van der Waals surface area contributed by atoms with Crippen LogP contribution in [-0.2, 0) is 10.0 Å². The quantitative estimate of drug-likeness (QED) is 0.831. The number of halogens is 1. The zero-order valence-corrected chi connectivity index (χ0v) is 14.2. The lowest BCUT2D eigenvalue weighted by atomic mass is 10.2. The van der Waals surface area contributed by atoms with Gasteiger partial charge in [0.05, 0.1) is 4.90 Å². The third-order valence-electron chi connectivity index (χ3n) is 3.05. The molecule has 20 heavy (non-hydrogen) atoms. The highest BCUT2D eigenvalue weighted by Gasteiger charge is 2.16. The highest BCUT2D eigenvalue weighted by atomic mass is 35.5. The zero-order valence-electron chi connectivity index (χ0n) is 12.6. The number of aryl methyl sites for hydroxylation is 1. The molecule has 1 atom stereocenters. The molecule has 1 aromatic carbocycles. The molecule has 1 unspecified atom stereocenters. The first kappa shape index (κ1) is 19.2. The van der Waals surface area contributed by atoms with E-state index in [1.54, 1.807) is 19.2 Å². The maximum atomic E-state index is 12.2. The van der Waals surface area contributed by atoms with E-state index in [0.29, 0.717) is 11.4 Å². The van der Waals surface area contributed by atoms with Crippen molar-refractivity contribution in [1.29, 1.82) is 0 Å². The summed E-state index contributed by atoms with van der Waals surface area (Å²) in [5.74, 6) is 0. The van der Waals surface area contributed by atoms with Crippen molar-refractivity contribution in [2.45, 2.75) is 24.8 Å². The molecular weight excluding hydrogens is 298 g/mol. The molecule has 0 aliphatic heterocycles. The number of rotatable bonds is 6. The second kappa shape index (κ2) is 7.83. The molecule has 0 fully saturated rings. The fourth-order valence-electron chi connectivity index (χ4n) is 1.66. The molecule has 1 aromatic rings. The molecule has 0 spiro atoms. The molecule has 0 bridgehead atoms. The van der Waals surface area contributed by atoms with E-state index in [9.17, 15) is 8.42 Å². The first-order valence-electron chi connectivity index (χ1n) is 6.23. The Morgan fingerprint density at radius 2 is 1.90 bits per heavy atom. The van der Waals surface area contributed by atoms with Gasteiger partial charge in [0.2, 0.25) is 10.0 Å². The Balaban J connectivity index is 0.00000361. The molecule has 0 aliphatic carbocycles. The summed E-state index contributed by atoms with van der Waals surface area (Å²) < 4.78 is 27.0. The number of likely N-dealkylation sites (N-methyl/N-ethyl adjacent to an activating group) is 1. The van der Waals surface area contributed by atoms with Gasteiger partial charge in [-0.05, 0) is 38.6 Å². The molecule has 0 amide bonds. The van der Waals surface area contributed by atoms with Gasteiger partial charge in [-0.15, -0.1) is 12.4 Å². The minimum absolute atomic E-state index is 0. The fraction of sp³-hybridized carbons (Fsp3) is 0.538. The number of hydrogen-bond donors (Lipinski definition) is 2. The summed E-state index contributed by atoms with van der Waals surface area (Å²) in [5.41, 5.74) is 1.96. The third kappa shape index (κ3) is 4.94. The Morgan fingerprint density at radius 3 is 2.40 bits per heavy atom. The molecule has 0 radical (unpaired) electrons. The average molecular weight is 322 g/mol. The molecular formula is C13H24ClN3O2S. The van der Waals surface area contributed by atoms with Crippen LogP contribution in [0.25, 0.3) is 0 Å². The van der Waals surface area contributed by atoms with Crippen LogP contribution in [0.2, 0.25) is 0 Å². The van der Waals surface area contributed by atoms with Crippen LogP contribution in [0.3, 0.4) is 0 Å². The van der Waals surface area contributed by atoms with E-state index < -0.39 is 10.0 Å². The van der Waals surface area contributed by atoms with E-state index in [2.05, 4.69) is 10.0 Å². The van der Waals surface area contributed by atoms with Crippen molar-refractivity contribution in [2.75, 3.05) is 32.6 Å². The van der Waals surface area contributed by atoms with E-state index in [1.807, 2.05) is 38.9 Å². The van der Waals surface area contributed by atoms with E-state index in [1.165, 1.54) is 0 Å². The Kier molecular flexibility index (Phi) is 7.51. The lowest BCUT2D eigenvalue weighted by molar-refractivity contribution is 0.554. The summed E-state index contributed by atoms with van der Waals surface area (Å²) in [6, 6.07) is 5.25. The number of hydrogen-bond acceptors (Lipinski definition) is 4. The van der Waals surface area contributed by atoms with Gasteiger partial charge < -0.3 is 10.2 Å². The van der Waals surface area contributed by atoms with Gasteiger partial charge in [0.25, 0.3) is 0 Å². The second-order valence-electron chi connectivity index (χ2n) is 4.88. The van der Waals surface area contributed by atoms with Crippen molar-refractivity contribution in [3.05, 3.63) is 23.8 Å². The van der Waals surface area contributed by atoms with E-state index >= 15 is 0 Å². The summed E-state index contributed by atoms with van der Waals surface area (Å²) in [6.45, 7) is 4.25. The third-order valence-corrected chi connectivity index (χ3v) is 4.47. The standard InChI is InChI=1S/C13H23N3O2S.ClH/c1-10-6-7-12(8-13(10)16(4)5)19(17,18)15-9-11(2)14-3;/h6-8,11,14-15H,9H2,1-5H3;1H. The zero-order chi connectivity index (χ0) is 14.6. The Labute approximate surface area is 128 Å². The average Bonchev–Trinajstić information content (AvgIpc) is 2.35. The van der Waals surface area contributed by atoms with Gasteiger partial charge in [-0.3, -0.25) is 0 Å². The van der Waals surface area contributed by atoms with Crippen LogP contribution in [0, 0.1) is 6.92 Å². The van der Waals surface area contributed by atoms with Crippen LogP contribution in [0.15, 0.2) is 23.1 Å². The molecule has 5 nitrogen and oxygen atoms in total. The first-order valence-corrected chi connectivity index (χ1v) is 7.71. The summed E-state index contributed by atoms with van der Waals surface area (Å²) in [7, 11) is 2.14. The summed E-state index contributed by atoms with van der Waals surface area (Å²) in [4.78, 5) is 2.20. The Hall–Kier alpha value is -0.820. The van der Waals surface area contributed by atoms with Gasteiger partial charge in [-0.25, -0.2) is 13.1 Å². The number of nitrogens with one attached hydrogen (secondary N) is 2. The SMILES string of the molecule is CNC(C)CNS(=O)(=O)c1ccc(C)c(N(C)C)c1.Cl. The van der Waals surface area contributed by atoms with Gasteiger partial charge in [0.1, 0.15) is 0 Å². The molecule has 0 saturated carbocycles. The van der Waals surface area contributed by atoms with Crippen LogP contribution in [0.4, 0.5) is 5.69 Å². The molecule has 116 valence electrons. The number of anilines is 1. The molecule has 0 heterocycles. The van der Waals surface area contributed by atoms with Crippen molar-refractivity contribution >= 4 is 28.1 Å². The topological polar surface area (TPSA) is 61.4 Å². The highest BCUT2D eigenvalue weighted by Crippen LogP contribution is 2.22. The normalized spacial score (nSPS) is 12.7. The minimum Gasteiger partial charge on any atom is -0.377 e. The fourth-order valence-corrected chi connectivity index (χ4v) is 2.81. The molecule has 0 aliphatic rings. The lowest BCUT2D eigenvalue weighted by Gasteiger charge is -2.17. The number of benzene rings is 1. The van der Waals surface area contributed by atoms with Gasteiger partial charge >= 0.3 is 0 Å². The van der Waals surface area contributed by atoms with Crippen molar-refractivity contribution < 1.29 is 8.42 Å². The minimum atomic E-state index is -3.45. The van der Waals surface area contributed by atoms with Crippen LogP contribution < -0.4 is 14.9 Å². The molecule has 0 aromatic heterocycles. The Bertz CT molecular complexity index is 532. The van der Waals surface area contributed by atoms with Crippen molar-refractivity contribution in [3.63, 3.8) is 0 Å². The second-order valence-corrected chi connectivity index (χ2v) is 6.65. The maximum absolute atomic E-state index is 12.2. The number of nitrogens with zero attached hydrogens (tertiary/aromatic N) is 1. The smallest absolute Gasteiger partial charge is 0.240 e. The lowest BCUT2D eigenvalue weighted by Crippen LogP contribution is -2.37. The molecule has 0 saturated heterocycles. The summed E-state index contributed by atoms with van der Waals surface area (Å²) >= 11 is 0. The Morgan fingerprint density at radius 1 is 1.30 bits per heavy atom. The summed E-state index contributed by atoms with van der Waals surface area (Å²) in [6.07, 6.45) is 0. The summed E-state index contributed by atoms with van der Waals surface area (Å²) in [5, 5.41) is 2.99. The van der Waals surface area contributed by atoms with Gasteiger partial charge in [0.15, 0.2) is 0 Å². The molecule has 2 N–H and O–H groups in total. The largest absolute Gasteiger partial charge is 0.377 e. The first-order chi connectivity index (χ1) is 8.77. The van der Waals surface area contributed by atoms with Crippen LogP contribution >= 0.6 is 12.4 Å². The van der Waals surface area contributed by atoms with E-state index in [0.717, 1.165) is 11.3 Å². The monoisotopic (exact) mass is 321 g/mol. The number of sulfonamides is 1. The van der Waals surface area contributed by atoms with Gasteiger partial charge in [-0.1, -0.05) is 6.07 Å². The van der Waals surface area contributed by atoms with Crippen LogP contribution in [0.5, 0.6) is 0 Å². The maximum Gasteiger partial charge on any atom is 0.240 e. The molecule has 7 heteroatoms. The molecule has 1 rings (SSSR count). The van der Waals surface area contributed by atoms with E-state index in [-0.39, 0.29) is 18.4 Å².